The second-order valence-corrected chi connectivity index (χ2v) is 5.61. The van der Waals surface area contributed by atoms with Crippen LogP contribution in [0.5, 0.6) is 0 Å². The maximum atomic E-state index is 4.46. The van der Waals surface area contributed by atoms with Crippen molar-refractivity contribution in [1.29, 1.82) is 0 Å². The molecule has 3 heteroatoms. The fraction of sp³-hybridized carbons (Fsp3) is 0.222. The molecule has 1 fully saturated rings. The van der Waals surface area contributed by atoms with Gasteiger partial charge in [-0.1, -0.05) is 42.5 Å². The smallest absolute Gasteiger partial charge is 0.137 e. The van der Waals surface area contributed by atoms with Crippen LogP contribution in [0.15, 0.2) is 60.9 Å². The highest BCUT2D eigenvalue weighted by molar-refractivity contribution is 5.88. The first-order valence-electron chi connectivity index (χ1n) is 7.43. The Bertz CT molecular complexity index is 745. The molecule has 1 aromatic heterocycles. The van der Waals surface area contributed by atoms with Gasteiger partial charge in [0, 0.05) is 5.39 Å². The minimum atomic E-state index is 0.338. The summed E-state index contributed by atoms with van der Waals surface area (Å²) in [6, 6.07) is 19.1. The van der Waals surface area contributed by atoms with Crippen LogP contribution in [0.1, 0.15) is 24.4 Å². The average Bonchev–Trinajstić information content (AvgIpc) is 3.38. The molecule has 1 aliphatic rings. The minimum Gasteiger partial charge on any atom is -0.362 e. The lowest BCUT2D eigenvalue weighted by molar-refractivity contribution is 0.676. The van der Waals surface area contributed by atoms with E-state index in [1.807, 2.05) is 18.2 Å². The number of fused-ring (bicyclic) bond motifs is 1. The molecule has 3 aromatic rings. The van der Waals surface area contributed by atoms with E-state index < -0.39 is 0 Å². The molecule has 2 aromatic carbocycles. The van der Waals surface area contributed by atoms with E-state index in [0.717, 1.165) is 16.7 Å². The highest BCUT2D eigenvalue weighted by Crippen LogP contribution is 2.43. The highest BCUT2D eigenvalue weighted by atomic mass is 15.0. The van der Waals surface area contributed by atoms with Crippen molar-refractivity contribution in [3.63, 3.8) is 0 Å². The van der Waals surface area contributed by atoms with Gasteiger partial charge >= 0.3 is 0 Å². The van der Waals surface area contributed by atoms with Gasteiger partial charge in [-0.15, -0.1) is 0 Å². The predicted octanol–water partition coefficient (Wildman–Crippen LogP) is 4.19. The molecule has 1 heterocycles. The summed E-state index contributed by atoms with van der Waals surface area (Å²) in [5.41, 5.74) is 2.32. The molecule has 0 bridgehead atoms. The molecule has 0 amide bonds. The van der Waals surface area contributed by atoms with Crippen molar-refractivity contribution in [3.8, 4) is 0 Å². The summed E-state index contributed by atoms with van der Waals surface area (Å²) in [6.45, 7) is 0. The van der Waals surface area contributed by atoms with E-state index in [-0.39, 0.29) is 0 Å². The lowest BCUT2D eigenvalue weighted by Crippen LogP contribution is -2.14. The van der Waals surface area contributed by atoms with Crippen LogP contribution < -0.4 is 5.32 Å². The Kier molecular flexibility index (Phi) is 3.03. The van der Waals surface area contributed by atoms with Gasteiger partial charge in [0.25, 0.3) is 0 Å². The molecule has 1 atom stereocenters. The highest BCUT2D eigenvalue weighted by Gasteiger charge is 2.32. The zero-order valence-electron chi connectivity index (χ0n) is 11.7. The minimum absolute atomic E-state index is 0.338. The topological polar surface area (TPSA) is 37.8 Å². The maximum absolute atomic E-state index is 4.46. The van der Waals surface area contributed by atoms with Crippen molar-refractivity contribution < 1.29 is 0 Å². The Morgan fingerprint density at radius 3 is 2.48 bits per heavy atom. The molecule has 1 N–H and O–H groups in total. The third-order valence-corrected chi connectivity index (χ3v) is 4.09. The zero-order valence-corrected chi connectivity index (χ0v) is 11.7. The number of benzene rings is 2. The van der Waals surface area contributed by atoms with Gasteiger partial charge in [0.15, 0.2) is 0 Å². The van der Waals surface area contributed by atoms with Crippen LogP contribution in [0.2, 0.25) is 0 Å². The maximum Gasteiger partial charge on any atom is 0.137 e. The van der Waals surface area contributed by atoms with Crippen LogP contribution in [0.3, 0.4) is 0 Å². The van der Waals surface area contributed by atoms with Gasteiger partial charge in [0.05, 0.1) is 11.6 Å². The Balaban J connectivity index is 1.72. The van der Waals surface area contributed by atoms with Gasteiger partial charge in [-0.2, -0.15) is 0 Å². The summed E-state index contributed by atoms with van der Waals surface area (Å²) >= 11 is 0. The van der Waals surface area contributed by atoms with E-state index in [0.29, 0.717) is 12.0 Å². The molecule has 21 heavy (non-hydrogen) atoms. The second-order valence-electron chi connectivity index (χ2n) is 5.61. The normalized spacial score (nSPS) is 15.8. The van der Waals surface area contributed by atoms with Crippen molar-refractivity contribution in [1.82, 2.24) is 9.97 Å². The molecule has 0 unspecified atom stereocenters. The van der Waals surface area contributed by atoms with Crippen LogP contribution in [0.25, 0.3) is 10.9 Å². The molecule has 104 valence electrons. The van der Waals surface area contributed by atoms with E-state index in [1.54, 1.807) is 6.33 Å². The molecule has 1 aliphatic carbocycles. The third-order valence-electron chi connectivity index (χ3n) is 4.09. The van der Waals surface area contributed by atoms with Gasteiger partial charge < -0.3 is 5.32 Å². The average molecular weight is 275 g/mol. The number of para-hydroxylation sites is 1. The quantitative estimate of drug-likeness (QED) is 0.775. The lowest BCUT2D eigenvalue weighted by Gasteiger charge is -2.20. The van der Waals surface area contributed by atoms with Gasteiger partial charge in [-0.3, -0.25) is 0 Å². The largest absolute Gasteiger partial charge is 0.362 e. The number of rotatable bonds is 4. The summed E-state index contributed by atoms with van der Waals surface area (Å²) < 4.78 is 0. The molecule has 0 spiro atoms. The van der Waals surface area contributed by atoms with Gasteiger partial charge in [-0.25, -0.2) is 9.97 Å². The van der Waals surface area contributed by atoms with E-state index in [2.05, 4.69) is 51.7 Å². The summed E-state index contributed by atoms with van der Waals surface area (Å²) in [5.74, 6) is 1.64. The van der Waals surface area contributed by atoms with E-state index in [1.165, 1.54) is 18.4 Å². The van der Waals surface area contributed by atoms with Gasteiger partial charge in [0.2, 0.25) is 0 Å². The van der Waals surface area contributed by atoms with Crippen molar-refractivity contribution in [3.05, 3.63) is 66.5 Å². The van der Waals surface area contributed by atoms with Crippen LogP contribution >= 0.6 is 0 Å². The summed E-state index contributed by atoms with van der Waals surface area (Å²) in [5, 5.41) is 4.73. The molecular formula is C18H17N3. The van der Waals surface area contributed by atoms with Crippen LogP contribution in [-0.2, 0) is 0 Å². The molecule has 1 saturated carbocycles. The molecule has 0 saturated heterocycles. The summed E-state index contributed by atoms with van der Waals surface area (Å²) in [4.78, 5) is 8.79. The molecule has 4 rings (SSSR count). The van der Waals surface area contributed by atoms with Crippen molar-refractivity contribution in [2.75, 3.05) is 5.32 Å². The first kappa shape index (κ1) is 12.3. The number of anilines is 1. The van der Waals surface area contributed by atoms with Crippen LogP contribution in [-0.4, -0.2) is 9.97 Å². The number of nitrogens with zero attached hydrogens (tertiary/aromatic N) is 2. The number of hydrogen-bond acceptors (Lipinski definition) is 3. The molecule has 0 radical (unpaired) electrons. The Morgan fingerprint density at radius 1 is 0.905 bits per heavy atom. The zero-order chi connectivity index (χ0) is 14.1. The Labute approximate surface area is 124 Å². The second kappa shape index (κ2) is 5.17. The Morgan fingerprint density at radius 2 is 1.67 bits per heavy atom. The summed E-state index contributed by atoms with van der Waals surface area (Å²) in [6.07, 6.45) is 4.21. The third kappa shape index (κ3) is 2.47. The number of nitrogens with one attached hydrogen (secondary N) is 1. The fourth-order valence-corrected chi connectivity index (χ4v) is 2.83. The predicted molar refractivity (Wildman–Crippen MR) is 85.1 cm³/mol. The van der Waals surface area contributed by atoms with Crippen molar-refractivity contribution in [2.24, 2.45) is 5.92 Å². The molecule has 0 aliphatic heterocycles. The first-order chi connectivity index (χ1) is 10.4. The number of aromatic nitrogens is 2. The van der Waals surface area contributed by atoms with Crippen molar-refractivity contribution in [2.45, 2.75) is 18.9 Å². The molecular weight excluding hydrogens is 258 g/mol. The van der Waals surface area contributed by atoms with Gasteiger partial charge in [0.1, 0.15) is 12.1 Å². The van der Waals surface area contributed by atoms with Crippen LogP contribution in [0.4, 0.5) is 5.82 Å². The first-order valence-corrected chi connectivity index (χ1v) is 7.43. The number of hydrogen-bond donors (Lipinski definition) is 1. The SMILES string of the molecule is c1ccc([C@@H](Nc2ncnc3ccccc23)C2CC2)cc1. The fourth-order valence-electron chi connectivity index (χ4n) is 2.83. The Hall–Kier alpha value is -2.42. The monoisotopic (exact) mass is 275 g/mol. The van der Waals surface area contributed by atoms with E-state index >= 15 is 0 Å². The van der Waals surface area contributed by atoms with E-state index in [4.69, 9.17) is 0 Å². The van der Waals surface area contributed by atoms with Crippen molar-refractivity contribution >= 4 is 16.7 Å². The van der Waals surface area contributed by atoms with Gasteiger partial charge in [-0.05, 0) is 36.5 Å². The molecule has 3 nitrogen and oxygen atoms in total. The lowest BCUT2D eigenvalue weighted by atomic mass is 10.0. The van der Waals surface area contributed by atoms with E-state index in [9.17, 15) is 0 Å². The van der Waals surface area contributed by atoms with Crippen LogP contribution in [0, 0.1) is 5.92 Å². The summed E-state index contributed by atoms with van der Waals surface area (Å²) in [7, 11) is 0. The standard InChI is InChI=1S/C18H17N3/c1-2-6-13(7-3-1)17(14-10-11-14)21-18-15-8-4-5-9-16(15)19-12-20-18/h1-9,12,14,17H,10-11H2,(H,19,20,21)/t17-/m1/s1.